The van der Waals surface area contributed by atoms with E-state index in [1.807, 2.05) is 6.07 Å². The van der Waals surface area contributed by atoms with Gasteiger partial charge in [-0.15, -0.1) is 0 Å². The zero-order valence-electron chi connectivity index (χ0n) is 15.3. The summed E-state index contributed by atoms with van der Waals surface area (Å²) in [5, 5.41) is 6.99. The van der Waals surface area contributed by atoms with Crippen molar-refractivity contribution in [3.63, 3.8) is 0 Å². The minimum atomic E-state index is 0.108. The summed E-state index contributed by atoms with van der Waals surface area (Å²) >= 11 is 0. The Morgan fingerprint density at radius 1 is 1.17 bits per heavy atom. The van der Waals surface area contributed by atoms with Crippen molar-refractivity contribution in [1.82, 2.24) is 10.6 Å². The first-order chi connectivity index (χ1) is 11.4. The molecule has 2 fully saturated rings. The predicted octanol–water partition coefficient (Wildman–Crippen LogP) is 4.20. The highest BCUT2D eigenvalue weighted by atomic mass is 16.1. The molecule has 24 heavy (non-hydrogen) atoms. The average molecular weight is 328 g/mol. The van der Waals surface area contributed by atoms with Crippen molar-refractivity contribution in [2.24, 2.45) is 11.3 Å². The summed E-state index contributed by atoms with van der Waals surface area (Å²) in [5.41, 5.74) is 1.40. The van der Waals surface area contributed by atoms with Gasteiger partial charge >= 0.3 is 0 Å². The Morgan fingerprint density at radius 2 is 1.79 bits per heavy atom. The van der Waals surface area contributed by atoms with Gasteiger partial charge in [0, 0.05) is 18.5 Å². The van der Waals surface area contributed by atoms with Gasteiger partial charge in [0.05, 0.1) is 6.04 Å². The van der Waals surface area contributed by atoms with Crippen LogP contribution < -0.4 is 10.6 Å². The number of rotatable bonds is 5. The first kappa shape index (κ1) is 17.5. The van der Waals surface area contributed by atoms with E-state index in [4.69, 9.17) is 0 Å². The number of nitrogens with one attached hydrogen (secondary N) is 2. The lowest BCUT2D eigenvalue weighted by atomic mass is 9.85. The van der Waals surface area contributed by atoms with Gasteiger partial charge in [-0.25, -0.2) is 0 Å². The van der Waals surface area contributed by atoms with Crippen molar-refractivity contribution in [3.05, 3.63) is 35.9 Å². The molecule has 0 saturated carbocycles. The molecule has 3 atom stereocenters. The van der Waals surface area contributed by atoms with Gasteiger partial charge in [-0.1, -0.05) is 51.1 Å². The van der Waals surface area contributed by atoms with Crippen LogP contribution in [0.3, 0.4) is 0 Å². The molecule has 2 aliphatic heterocycles. The maximum atomic E-state index is 12.7. The predicted molar refractivity (Wildman–Crippen MR) is 98.7 cm³/mol. The van der Waals surface area contributed by atoms with Crippen LogP contribution in [0.5, 0.6) is 0 Å². The molecule has 2 aliphatic rings. The topological polar surface area (TPSA) is 41.1 Å². The Morgan fingerprint density at radius 3 is 2.38 bits per heavy atom. The van der Waals surface area contributed by atoms with Crippen LogP contribution in [0.25, 0.3) is 0 Å². The first-order valence-electron chi connectivity index (χ1n) is 9.49. The maximum absolute atomic E-state index is 12.7. The van der Waals surface area contributed by atoms with Crippen molar-refractivity contribution >= 4 is 5.91 Å². The summed E-state index contributed by atoms with van der Waals surface area (Å²) in [6.07, 6.45) is 6.56. The van der Waals surface area contributed by atoms with Crippen molar-refractivity contribution in [3.8, 4) is 0 Å². The Bertz CT molecular complexity index is 537. The normalized spacial score (nSPS) is 27.7. The molecule has 2 heterocycles. The van der Waals surface area contributed by atoms with E-state index in [9.17, 15) is 4.79 Å². The second kappa shape index (κ2) is 7.26. The first-order valence-corrected chi connectivity index (χ1v) is 9.49. The van der Waals surface area contributed by atoms with E-state index in [-0.39, 0.29) is 17.4 Å². The van der Waals surface area contributed by atoms with Gasteiger partial charge in [0.1, 0.15) is 0 Å². The minimum absolute atomic E-state index is 0.108. The van der Waals surface area contributed by atoms with Crippen LogP contribution in [0.4, 0.5) is 0 Å². The Balaban J connectivity index is 1.60. The summed E-state index contributed by atoms with van der Waals surface area (Å²) in [4.78, 5) is 12.7. The highest BCUT2D eigenvalue weighted by Crippen LogP contribution is 2.33. The lowest BCUT2D eigenvalue weighted by Gasteiger charge is -2.30. The van der Waals surface area contributed by atoms with E-state index in [0.717, 1.165) is 6.42 Å². The minimum Gasteiger partial charge on any atom is -0.349 e. The molecule has 3 unspecified atom stereocenters. The molecule has 1 amide bonds. The van der Waals surface area contributed by atoms with E-state index in [1.165, 1.54) is 31.2 Å². The van der Waals surface area contributed by atoms with Crippen LogP contribution in [0, 0.1) is 11.3 Å². The lowest BCUT2D eigenvalue weighted by Crippen LogP contribution is -2.40. The number of carbonyl (C=O) groups is 1. The van der Waals surface area contributed by atoms with Crippen molar-refractivity contribution in [2.75, 3.05) is 0 Å². The molecule has 1 aromatic carbocycles. The standard InChI is InChI=1S/C21H32N2O/c1-21(2,3)14-19(16-7-5-4-6-8-16)23-20(24)13-15-11-17-9-10-18(12-15)22-17/h4-8,15,17-19,22H,9-14H2,1-3H3,(H,23,24). The summed E-state index contributed by atoms with van der Waals surface area (Å²) < 4.78 is 0. The smallest absolute Gasteiger partial charge is 0.220 e. The fraction of sp³-hybridized carbons (Fsp3) is 0.667. The van der Waals surface area contributed by atoms with Crippen LogP contribution in [0.1, 0.15) is 70.9 Å². The van der Waals surface area contributed by atoms with Crippen LogP contribution in [-0.4, -0.2) is 18.0 Å². The third-order valence-electron chi connectivity index (χ3n) is 5.40. The fourth-order valence-electron chi connectivity index (χ4n) is 4.41. The number of benzene rings is 1. The van der Waals surface area contributed by atoms with Crippen molar-refractivity contribution < 1.29 is 4.79 Å². The van der Waals surface area contributed by atoms with E-state index >= 15 is 0 Å². The molecule has 2 bridgehead atoms. The SMILES string of the molecule is CC(C)(C)CC(NC(=O)CC1CC2CCC(C1)N2)c1ccccc1. The molecule has 0 aromatic heterocycles. The average Bonchev–Trinajstić information content (AvgIpc) is 2.85. The molecule has 132 valence electrons. The highest BCUT2D eigenvalue weighted by Gasteiger charge is 2.34. The number of fused-ring (bicyclic) bond motifs is 2. The molecule has 3 heteroatoms. The monoisotopic (exact) mass is 328 g/mol. The van der Waals surface area contributed by atoms with Gasteiger partial charge in [0.25, 0.3) is 0 Å². The Hall–Kier alpha value is -1.35. The van der Waals surface area contributed by atoms with Gasteiger partial charge in [0.15, 0.2) is 0 Å². The number of carbonyl (C=O) groups excluding carboxylic acids is 1. The molecule has 0 spiro atoms. The molecule has 2 N–H and O–H groups in total. The van der Waals surface area contributed by atoms with Crippen LogP contribution in [0.15, 0.2) is 30.3 Å². The van der Waals surface area contributed by atoms with Crippen molar-refractivity contribution in [2.45, 2.75) is 77.4 Å². The molecule has 1 aromatic rings. The van der Waals surface area contributed by atoms with E-state index in [1.54, 1.807) is 0 Å². The second-order valence-corrected chi connectivity index (χ2v) is 8.97. The van der Waals surface area contributed by atoms with Gasteiger partial charge in [-0.05, 0) is 49.0 Å². The zero-order valence-corrected chi connectivity index (χ0v) is 15.3. The summed E-state index contributed by atoms with van der Waals surface area (Å²) in [6, 6.07) is 11.8. The van der Waals surface area contributed by atoms with E-state index < -0.39 is 0 Å². The molecule has 3 rings (SSSR count). The quantitative estimate of drug-likeness (QED) is 0.850. The van der Waals surface area contributed by atoms with Gasteiger partial charge in [-0.2, -0.15) is 0 Å². The maximum Gasteiger partial charge on any atom is 0.220 e. The number of amides is 1. The molecule has 3 nitrogen and oxygen atoms in total. The summed E-state index contributed by atoms with van der Waals surface area (Å²) in [7, 11) is 0. The largest absolute Gasteiger partial charge is 0.349 e. The zero-order chi connectivity index (χ0) is 17.2. The van der Waals surface area contributed by atoms with Crippen molar-refractivity contribution in [1.29, 1.82) is 0 Å². The third kappa shape index (κ3) is 4.83. The summed E-state index contributed by atoms with van der Waals surface area (Å²) in [5.74, 6) is 0.772. The number of hydrogen-bond donors (Lipinski definition) is 2. The molecule has 0 aliphatic carbocycles. The number of piperidine rings is 1. The van der Waals surface area contributed by atoms with E-state index in [2.05, 4.69) is 55.7 Å². The van der Waals surface area contributed by atoms with Crippen LogP contribution in [0.2, 0.25) is 0 Å². The third-order valence-corrected chi connectivity index (χ3v) is 5.40. The number of hydrogen-bond acceptors (Lipinski definition) is 2. The fourth-order valence-corrected chi connectivity index (χ4v) is 4.41. The second-order valence-electron chi connectivity index (χ2n) is 8.97. The highest BCUT2D eigenvalue weighted by molar-refractivity contribution is 5.76. The van der Waals surface area contributed by atoms with Gasteiger partial charge in [-0.3, -0.25) is 4.79 Å². The Kier molecular flexibility index (Phi) is 5.29. The summed E-state index contributed by atoms with van der Waals surface area (Å²) in [6.45, 7) is 6.71. The molecular weight excluding hydrogens is 296 g/mol. The molecule has 2 saturated heterocycles. The Labute approximate surface area is 146 Å². The van der Waals surface area contributed by atoms with E-state index in [0.29, 0.717) is 24.4 Å². The van der Waals surface area contributed by atoms with Gasteiger partial charge in [0.2, 0.25) is 5.91 Å². The van der Waals surface area contributed by atoms with Gasteiger partial charge < -0.3 is 10.6 Å². The molecular formula is C21H32N2O. The molecule has 0 radical (unpaired) electrons. The van der Waals surface area contributed by atoms with Crippen LogP contribution >= 0.6 is 0 Å². The lowest BCUT2D eigenvalue weighted by molar-refractivity contribution is -0.123. The van der Waals surface area contributed by atoms with Crippen LogP contribution in [-0.2, 0) is 4.79 Å².